The van der Waals surface area contributed by atoms with Crippen molar-refractivity contribution in [3.63, 3.8) is 0 Å². The fraction of sp³-hybridized carbons (Fsp3) is 0.667. The molecule has 2 saturated heterocycles. The third-order valence-electron chi connectivity index (χ3n) is 19.7. The van der Waals surface area contributed by atoms with E-state index in [4.69, 9.17) is 28.4 Å². The van der Waals surface area contributed by atoms with E-state index in [0.717, 1.165) is 22.0 Å². The summed E-state index contributed by atoms with van der Waals surface area (Å²) in [6, 6.07) is 9.62. The first kappa shape index (κ1) is 62.9. The number of nitrogens with one attached hydrogen (secondary N) is 3. The van der Waals surface area contributed by atoms with E-state index in [-0.39, 0.29) is 75.8 Å². The van der Waals surface area contributed by atoms with Crippen LogP contribution >= 0.6 is 0 Å². The maximum Gasteiger partial charge on any atom is 0.328 e. The molecule has 9 rings (SSSR count). The highest BCUT2D eigenvalue weighted by Gasteiger charge is 2.78. The average Bonchev–Trinajstić information content (AvgIpc) is 1.44. The average molecular weight is 1170 g/mol. The molecule has 7 unspecified atom stereocenters. The Morgan fingerprint density at radius 1 is 0.940 bits per heavy atom. The van der Waals surface area contributed by atoms with Gasteiger partial charge in [0, 0.05) is 111 Å². The highest BCUT2D eigenvalue weighted by molar-refractivity contribution is 5.95. The minimum Gasteiger partial charge on any atom is -0.496 e. The number of para-hydroxylation sites is 1. The van der Waals surface area contributed by atoms with E-state index in [1.165, 1.54) is 21.1 Å². The van der Waals surface area contributed by atoms with Crippen LogP contribution in [-0.4, -0.2) is 200 Å². The Morgan fingerprint density at radius 2 is 1.70 bits per heavy atom. The lowest BCUT2D eigenvalue weighted by atomic mass is 9.47. The second-order valence-electron chi connectivity index (χ2n) is 25.6. The van der Waals surface area contributed by atoms with Gasteiger partial charge in [-0.25, -0.2) is 4.79 Å². The molecule has 7 N–H and O–H groups in total. The molecule has 2 bridgehead atoms. The zero-order valence-corrected chi connectivity index (χ0v) is 50.7. The molecule has 1 aliphatic carbocycles. The van der Waals surface area contributed by atoms with Crippen molar-refractivity contribution >= 4 is 46.3 Å². The lowest BCUT2D eigenvalue weighted by Gasteiger charge is -2.63. The number of aliphatic hydroxyl groups excluding tert-OH is 2. The van der Waals surface area contributed by atoms with E-state index in [1.807, 2.05) is 83.0 Å². The number of amides is 2. The molecule has 1 spiro atoms. The van der Waals surface area contributed by atoms with Crippen molar-refractivity contribution in [3.05, 3.63) is 70.9 Å². The largest absolute Gasteiger partial charge is 0.496 e. The lowest BCUT2D eigenvalue weighted by Crippen LogP contribution is -2.81. The molecule has 3 fully saturated rings. The predicted molar refractivity (Wildman–Crippen MR) is 312 cm³/mol. The number of ether oxygens (including phenoxy) is 6. The first-order valence-corrected chi connectivity index (χ1v) is 30.1. The number of nitrogens with zero attached hydrogens (tertiary/aromatic N) is 3. The maximum atomic E-state index is 15.5. The van der Waals surface area contributed by atoms with Gasteiger partial charge in [0.15, 0.2) is 11.9 Å². The number of carbonyl (C=O) groups excluding carboxylic acids is 5. The van der Waals surface area contributed by atoms with E-state index in [2.05, 4.69) is 37.6 Å². The Kier molecular flexibility index (Phi) is 18.4. The second-order valence-corrected chi connectivity index (χ2v) is 25.6. The molecule has 21 nitrogen and oxygen atoms in total. The Balaban J connectivity index is 0.942. The molecule has 1 saturated carbocycles. The maximum absolute atomic E-state index is 15.5. The third-order valence-corrected chi connectivity index (χ3v) is 19.7. The normalized spacial score (nSPS) is 30.7. The number of methoxy groups -OCH3 is 3. The van der Waals surface area contributed by atoms with Gasteiger partial charge in [-0.2, -0.15) is 0 Å². The topological polar surface area (TPSA) is 271 Å². The van der Waals surface area contributed by atoms with Crippen LogP contribution in [0.25, 0.3) is 10.9 Å². The van der Waals surface area contributed by atoms with E-state index in [1.54, 1.807) is 7.11 Å². The number of aliphatic hydroxyl groups is 4. The summed E-state index contributed by atoms with van der Waals surface area (Å²) in [5.74, 6) is -2.77. The summed E-state index contributed by atoms with van der Waals surface area (Å²) in [5.41, 5.74) is -2.73. The van der Waals surface area contributed by atoms with Crippen LogP contribution in [-0.2, 0) is 64.9 Å². The van der Waals surface area contributed by atoms with E-state index < -0.39 is 87.8 Å². The number of hydrogen-bond acceptors (Lipinski definition) is 18. The predicted octanol–water partition coefficient (Wildman–Crippen LogP) is 3.91. The number of esters is 3. The van der Waals surface area contributed by atoms with Crippen LogP contribution in [0.5, 0.6) is 5.75 Å². The number of aromatic amines is 1. The molecular formula is C63H90N6O15. The number of carbonyl (C=O) groups is 5. The monoisotopic (exact) mass is 1170 g/mol. The van der Waals surface area contributed by atoms with E-state index in [0.29, 0.717) is 87.5 Å². The van der Waals surface area contributed by atoms with Crippen LogP contribution in [0.15, 0.2) is 48.6 Å². The van der Waals surface area contributed by atoms with Crippen molar-refractivity contribution in [1.82, 2.24) is 25.4 Å². The van der Waals surface area contributed by atoms with Gasteiger partial charge in [0.05, 0.1) is 45.2 Å². The van der Waals surface area contributed by atoms with Crippen LogP contribution < -0.4 is 20.3 Å². The number of piperidine rings is 1. The van der Waals surface area contributed by atoms with Gasteiger partial charge in [-0.05, 0) is 99.4 Å². The minimum atomic E-state index is -2.42. The summed E-state index contributed by atoms with van der Waals surface area (Å²) in [4.78, 5) is 79.4. The highest BCUT2D eigenvalue weighted by Crippen LogP contribution is 2.67. The molecule has 84 heavy (non-hydrogen) atoms. The number of aromatic nitrogens is 1. The van der Waals surface area contributed by atoms with Crippen molar-refractivity contribution in [1.29, 1.82) is 0 Å². The summed E-state index contributed by atoms with van der Waals surface area (Å²) in [5, 5.41) is 54.9. The molecule has 462 valence electrons. The summed E-state index contributed by atoms with van der Waals surface area (Å²) >= 11 is 0. The Labute approximate surface area is 493 Å². The number of rotatable bonds is 22. The summed E-state index contributed by atoms with van der Waals surface area (Å²) in [6.45, 7) is 13.6. The number of fused-ring (bicyclic) bond motifs is 6. The van der Waals surface area contributed by atoms with Crippen LogP contribution in [0, 0.1) is 16.7 Å². The number of hydrogen-bond donors (Lipinski definition) is 7. The number of anilines is 1. The van der Waals surface area contributed by atoms with Crippen LogP contribution in [0.1, 0.15) is 122 Å². The molecule has 1 aromatic heterocycles. The van der Waals surface area contributed by atoms with Crippen molar-refractivity contribution < 1.29 is 72.8 Å². The number of H-pyrrole nitrogens is 1. The molecule has 5 aliphatic heterocycles. The molecule has 2 aromatic carbocycles. The molecule has 6 aliphatic rings. The standard InChI is InChI=1S/C63H90N6O15/c1-11-59(77)32-39-33-62(57(76)81-10,51-41(22-27-68(34-39)37-59)40-18-13-14-19-44(40)66-51)43-30-42-45(31-46(43)79-8)67(7)54-61(42)24-28-69-26-16-23-60(12-2,53(61)69)55(74)63(54,78)56(75)64-25-17-29-82-52(73)38(3)65-48(71)20-15-21-49(72)83-36-50(80-9)84-47(35-70)58(4,5)6/h13-14,16,18-19,23,30-31,38-39,47,50,53-55,66,70,74,77-78H,11-12,15,17,20-22,24-29,32-37H2,1-10H3,(H,64,75)(H,65,71)/t38?,39-,47?,50?,53?,54?,55-,59?,60-,61-,62+,63+/m1/s1. The second kappa shape index (κ2) is 24.6. The van der Waals surface area contributed by atoms with Crippen molar-refractivity contribution in [2.24, 2.45) is 16.7 Å². The van der Waals surface area contributed by atoms with Gasteiger partial charge < -0.3 is 69.4 Å². The van der Waals surface area contributed by atoms with Gasteiger partial charge in [0.2, 0.25) is 5.91 Å². The van der Waals surface area contributed by atoms with Gasteiger partial charge >= 0.3 is 17.9 Å². The quantitative estimate of drug-likeness (QED) is 0.0247. The van der Waals surface area contributed by atoms with Gasteiger partial charge in [-0.3, -0.25) is 29.0 Å². The molecule has 2 amide bonds. The summed E-state index contributed by atoms with van der Waals surface area (Å²) in [6.07, 6.45) is 3.92. The minimum absolute atomic E-state index is 0.0348. The highest BCUT2D eigenvalue weighted by atomic mass is 16.7. The molecular weight excluding hydrogens is 1080 g/mol. The SMILES string of the molecule is CCC1(O)C[C@H]2CN(CCc3c([nH]c4ccccc34)[C@@](C(=O)OC)(c3cc4c(cc3OC)N(C)C3[C@]45CCN4CC=C[C@](CC)(C45)[C@@H](O)[C@]3(O)C(=O)NCCCOC(=O)C(C)NC(=O)CCCC(=O)OCC(OC)OC(CO)C(C)(C)C)C2)C1. The molecule has 13 atom stereocenters. The summed E-state index contributed by atoms with van der Waals surface area (Å²) < 4.78 is 34.2. The number of benzene rings is 2. The van der Waals surface area contributed by atoms with Crippen LogP contribution in [0.3, 0.4) is 0 Å². The zero-order chi connectivity index (χ0) is 60.7. The van der Waals surface area contributed by atoms with Crippen molar-refractivity contribution in [3.8, 4) is 5.75 Å². The lowest BCUT2D eigenvalue weighted by molar-refractivity contribution is -0.211. The Bertz CT molecular complexity index is 2960. The fourth-order valence-corrected chi connectivity index (χ4v) is 15.6. The van der Waals surface area contributed by atoms with Crippen LogP contribution in [0.2, 0.25) is 0 Å². The third kappa shape index (κ3) is 10.9. The van der Waals surface area contributed by atoms with E-state index in [9.17, 15) is 34.8 Å². The molecule has 6 heterocycles. The zero-order valence-electron chi connectivity index (χ0n) is 50.7. The first-order valence-electron chi connectivity index (χ1n) is 30.1. The van der Waals surface area contributed by atoms with Gasteiger partial charge in [-0.1, -0.05) is 65.0 Å². The first-order chi connectivity index (χ1) is 40.0. The van der Waals surface area contributed by atoms with E-state index >= 15 is 9.59 Å². The Hall–Kier alpha value is -5.65. The summed E-state index contributed by atoms with van der Waals surface area (Å²) in [7, 11) is 6.23. The molecule has 3 aromatic rings. The van der Waals surface area contributed by atoms with Gasteiger partial charge in [-0.15, -0.1) is 0 Å². The Morgan fingerprint density at radius 3 is 2.39 bits per heavy atom. The fourth-order valence-electron chi connectivity index (χ4n) is 15.6. The van der Waals surface area contributed by atoms with Crippen molar-refractivity contribution in [2.75, 3.05) is 92.4 Å². The number of likely N-dealkylation sites (N-methyl/N-ethyl adjacent to an activating group) is 1. The molecule has 21 heteroatoms. The van der Waals surface area contributed by atoms with Gasteiger partial charge in [0.1, 0.15) is 29.9 Å². The molecule has 0 radical (unpaired) electrons. The smallest absolute Gasteiger partial charge is 0.328 e. The van der Waals surface area contributed by atoms with Gasteiger partial charge in [0.25, 0.3) is 5.91 Å². The van der Waals surface area contributed by atoms with Crippen molar-refractivity contribution in [2.45, 2.75) is 164 Å². The van der Waals surface area contributed by atoms with Crippen LogP contribution in [0.4, 0.5) is 5.69 Å².